The molecule has 0 spiro atoms. The van der Waals surface area contributed by atoms with Gasteiger partial charge in [0.2, 0.25) is 0 Å². The topological polar surface area (TPSA) is 66.8 Å². The highest BCUT2D eigenvalue weighted by molar-refractivity contribution is 7.46. The van der Waals surface area contributed by atoms with E-state index in [0.29, 0.717) is 0 Å². The quantitative estimate of drug-likeness (QED) is 0.0475. The molecule has 5 heteroatoms. The molecule has 0 aromatic rings. The lowest BCUT2D eigenvalue weighted by atomic mass is 10.0. The molecule has 0 aliphatic heterocycles. The Morgan fingerprint density at radius 2 is 0.382 bits per heavy atom. The van der Waals surface area contributed by atoms with Gasteiger partial charge in [-0.2, -0.15) is 0 Å². The molecule has 0 aromatic heterocycles. The third-order valence-electron chi connectivity index (χ3n) is 12.3. The van der Waals surface area contributed by atoms with Crippen molar-refractivity contribution >= 4 is 7.82 Å². The summed E-state index contributed by atoms with van der Waals surface area (Å²) in [4.78, 5) is 17.3. The van der Waals surface area contributed by atoms with E-state index in [1.807, 2.05) is 0 Å². The molecule has 0 aliphatic rings. The molecule has 332 valence electrons. The summed E-state index contributed by atoms with van der Waals surface area (Å²) in [7, 11) is -4.28. The molecule has 0 saturated carbocycles. The van der Waals surface area contributed by atoms with Crippen molar-refractivity contribution in [3.8, 4) is 0 Å². The number of phosphoric ester groups is 1. The van der Waals surface area contributed by atoms with Crippen molar-refractivity contribution in [2.24, 2.45) is 0 Å². The average molecular weight is 799 g/mol. The summed E-state index contributed by atoms with van der Waals surface area (Å²) in [5, 5.41) is 0. The number of hydrogen-bond donors (Lipinski definition) is 2. The summed E-state index contributed by atoms with van der Waals surface area (Å²) in [5.74, 6) is 0. The van der Waals surface area contributed by atoms with Gasteiger partial charge in [0, 0.05) is 0 Å². The van der Waals surface area contributed by atoms with Crippen LogP contribution in [-0.2, 0) is 9.09 Å². The summed E-state index contributed by atoms with van der Waals surface area (Å²) in [5.41, 5.74) is 0. The maximum atomic E-state index is 10.6. The SMILES string of the molecule is CCCCCCCCCCCCCCCCCCCCCCCCCCCCCCCCCCCCCCCCCCCCCCCCCCOP(=O)(O)O. The first-order chi connectivity index (χ1) is 27.1. The Morgan fingerprint density at radius 1 is 0.255 bits per heavy atom. The first kappa shape index (κ1) is 55.1. The Bertz CT molecular complexity index is 725. The monoisotopic (exact) mass is 799 g/mol. The maximum Gasteiger partial charge on any atom is 0.469 e. The smallest absolute Gasteiger partial charge is 0.303 e. The van der Waals surface area contributed by atoms with Crippen LogP contribution in [0.15, 0.2) is 0 Å². The molecule has 0 fully saturated rings. The van der Waals surface area contributed by atoms with Crippen molar-refractivity contribution in [1.29, 1.82) is 0 Å². The molecule has 0 amide bonds. The zero-order valence-electron chi connectivity index (χ0n) is 37.8. The Kier molecular flexibility index (Phi) is 48.6. The molecule has 0 atom stereocenters. The third kappa shape index (κ3) is 54.1. The Hall–Kier alpha value is 0.110. The molecular formula is C50H103O4P. The largest absolute Gasteiger partial charge is 0.469 e. The van der Waals surface area contributed by atoms with Gasteiger partial charge in [-0.1, -0.05) is 309 Å². The molecule has 0 rings (SSSR count). The minimum absolute atomic E-state index is 0.171. The second-order valence-electron chi connectivity index (χ2n) is 17.9. The zero-order valence-corrected chi connectivity index (χ0v) is 38.7. The fourth-order valence-electron chi connectivity index (χ4n) is 8.49. The first-order valence-corrected chi connectivity index (χ1v) is 27.3. The van der Waals surface area contributed by atoms with E-state index in [1.165, 1.54) is 289 Å². The highest BCUT2D eigenvalue weighted by atomic mass is 31.2. The van der Waals surface area contributed by atoms with Gasteiger partial charge in [-0.3, -0.25) is 4.52 Å². The highest BCUT2D eigenvalue weighted by Crippen LogP contribution is 2.35. The molecule has 0 aromatic carbocycles. The summed E-state index contributed by atoms with van der Waals surface area (Å²) in [6.07, 6.45) is 68.2. The zero-order chi connectivity index (χ0) is 39.9. The molecule has 4 nitrogen and oxygen atoms in total. The lowest BCUT2D eigenvalue weighted by molar-refractivity contribution is 0.193. The van der Waals surface area contributed by atoms with Crippen LogP contribution < -0.4 is 0 Å². The van der Waals surface area contributed by atoms with Crippen LogP contribution in [0.1, 0.15) is 315 Å². The summed E-state index contributed by atoms with van der Waals surface area (Å²) in [6, 6.07) is 0. The number of unbranched alkanes of at least 4 members (excludes halogenated alkanes) is 47. The number of rotatable bonds is 50. The van der Waals surface area contributed by atoms with Gasteiger partial charge in [0.05, 0.1) is 6.61 Å². The van der Waals surface area contributed by atoms with Crippen LogP contribution in [-0.4, -0.2) is 16.4 Å². The molecule has 0 bridgehead atoms. The Morgan fingerprint density at radius 3 is 0.509 bits per heavy atom. The van der Waals surface area contributed by atoms with Crippen LogP contribution in [0.3, 0.4) is 0 Å². The first-order valence-electron chi connectivity index (χ1n) is 25.8. The second kappa shape index (κ2) is 48.5. The lowest BCUT2D eigenvalue weighted by Crippen LogP contribution is -1.92. The van der Waals surface area contributed by atoms with E-state index in [4.69, 9.17) is 9.79 Å². The van der Waals surface area contributed by atoms with Crippen molar-refractivity contribution in [1.82, 2.24) is 0 Å². The molecule has 0 radical (unpaired) electrons. The normalized spacial score (nSPS) is 12.0. The lowest BCUT2D eigenvalue weighted by Gasteiger charge is -2.05. The van der Waals surface area contributed by atoms with Crippen LogP contribution in [0.2, 0.25) is 0 Å². The molecule has 0 heterocycles. The Balaban J connectivity index is 3.06. The molecule has 2 N–H and O–H groups in total. The van der Waals surface area contributed by atoms with Gasteiger partial charge in [0.1, 0.15) is 0 Å². The maximum absolute atomic E-state index is 10.6. The predicted octanol–water partition coefficient (Wildman–Crippen LogP) is 18.8. The molecule has 0 aliphatic carbocycles. The molecule has 55 heavy (non-hydrogen) atoms. The highest BCUT2D eigenvalue weighted by Gasteiger charge is 2.12. The van der Waals surface area contributed by atoms with Gasteiger partial charge in [-0.15, -0.1) is 0 Å². The summed E-state index contributed by atoms with van der Waals surface area (Å²) < 4.78 is 15.1. The second-order valence-corrected chi connectivity index (χ2v) is 19.2. The van der Waals surface area contributed by atoms with E-state index < -0.39 is 7.82 Å². The van der Waals surface area contributed by atoms with Gasteiger partial charge in [0.25, 0.3) is 0 Å². The minimum Gasteiger partial charge on any atom is -0.303 e. The standard InChI is InChI=1S/C50H103O4P/c1-2-3-4-5-6-7-8-9-10-11-12-13-14-15-16-17-18-19-20-21-22-23-24-25-26-27-28-29-30-31-32-33-34-35-36-37-38-39-40-41-42-43-44-45-46-47-48-49-50-54-55(51,52)53/h2-50H2,1H3,(H2,51,52,53). The van der Waals surface area contributed by atoms with Crippen molar-refractivity contribution in [3.63, 3.8) is 0 Å². The van der Waals surface area contributed by atoms with Gasteiger partial charge < -0.3 is 9.79 Å². The van der Waals surface area contributed by atoms with Gasteiger partial charge in [0.15, 0.2) is 0 Å². The van der Waals surface area contributed by atoms with E-state index in [2.05, 4.69) is 11.4 Å². The van der Waals surface area contributed by atoms with E-state index >= 15 is 0 Å². The van der Waals surface area contributed by atoms with Crippen molar-refractivity contribution in [3.05, 3.63) is 0 Å². The van der Waals surface area contributed by atoms with E-state index in [-0.39, 0.29) is 6.61 Å². The molecule has 0 saturated heterocycles. The van der Waals surface area contributed by atoms with E-state index in [1.54, 1.807) is 0 Å². The van der Waals surface area contributed by atoms with Crippen molar-refractivity contribution in [2.45, 2.75) is 315 Å². The van der Waals surface area contributed by atoms with Gasteiger partial charge in [-0.05, 0) is 6.42 Å². The van der Waals surface area contributed by atoms with Crippen LogP contribution in [0.5, 0.6) is 0 Å². The molecule has 0 unspecified atom stereocenters. The van der Waals surface area contributed by atoms with Gasteiger partial charge in [-0.25, -0.2) is 4.57 Å². The van der Waals surface area contributed by atoms with E-state index in [9.17, 15) is 4.57 Å². The van der Waals surface area contributed by atoms with Crippen LogP contribution >= 0.6 is 7.82 Å². The minimum atomic E-state index is -4.28. The summed E-state index contributed by atoms with van der Waals surface area (Å²) in [6.45, 7) is 2.48. The van der Waals surface area contributed by atoms with Crippen LogP contribution in [0, 0.1) is 0 Å². The fraction of sp³-hybridized carbons (Fsp3) is 1.00. The third-order valence-corrected chi connectivity index (χ3v) is 12.8. The number of hydrogen-bond acceptors (Lipinski definition) is 2. The van der Waals surface area contributed by atoms with Crippen LogP contribution in [0.4, 0.5) is 0 Å². The fourth-order valence-corrected chi connectivity index (χ4v) is 8.86. The average Bonchev–Trinajstić information content (AvgIpc) is 3.17. The predicted molar refractivity (Wildman–Crippen MR) is 245 cm³/mol. The summed E-state index contributed by atoms with van der Waals surface area (Å²) >= 11 is 0. The molecular weight excluding hydrogens is 696 g/mol. The van der Waals surface area contributed by atoms with E-state index in [0.717, 1.165) is 19.3 Å². The van der Waals surface area contributed by atoms with Crippen molar-refractivity contribution in [2.75, 3.05) is 6.61 Å². The van der Waals surface area contributed by atoms with Crippen LogP contribution in [0.25, 0.3) is 0 Å². The Labute approximate surface area is 347 Å². The number of phosphoric acid groups is 1. The van der Waals surface area contributed by atoms with Gasteiger partial charge >= 0.3 is 7.82 Å². The van der Waals surface area contributed by atoms with Crippen molar-refractivity contribution < 1.29 is 18.9 Å².